The van der Waals surface area contributed by atoms with Crippen molar-refractivity contribution in [1.82, 2.24) is 14.7 Å². The van der Waals surface area contributed by atoms with Crippen molar-refractivity contribution in [3.63, 3.8) is 0 Å². The Labute approximate surface area is 210 Å². The minimum atomic E-state index is -0.190. The van der Waals surface area contributed by atoms with Crippen molar-refractivity contribution >= 4 is 40.4 Å². The van der Waals surface area contributed by atoms with Crippen molar-refractivity contribution in [1.29, 1.82) is 0 Å². The molecule has 1 aromatic carbocycles. The zero-order chi connectivity index (χ0) is 24.2. The Morgan fingerprint density at radius 2 is 1.91 bits per heavy atom. The number of nitrogens with zero attached hydrogens (tertiary/aromatic N) is 4. The third kappa shape index (κ3) is 5.57. The molecule has 0 radical (unpaired) electrons. The van der Waals surface area contributed by atoms with Gasteiger partial charge in [0.15, 0.2) is 0 Å². The highest BCUT2D eigenvalue weighted by Gasteiger charge is 2.32. The summed E-state index contributed by atoms with van der Waals surface area (Å²) in [6.45, 7) is 10.4. The lowest BCUT2D eigenvalue weighted by atomic mass is 10.1. The second-order valence-electron chi connectivity index (χ2n) is 9.09. The fourth-order valence-corrected chi connectivity index (χ4v) is 5.74. The van der Waals surface area contributed by atoms with E-state index in [1.165, 1.54) is 11.3 Å². The van der Waals surface area contributed by atoms with Gasteiger partial charge >= 0.3 is 0 Å². The van der Waals surface area contributed by atoms with Crippen molar-refractivity contribution in [3.8, 4) is 5.75 Å². The Bertz CT molecular complexity index is 1030. The number of anilines is 1. The van der Waals surface area contributed by atoms with Crippen molar-refractivity contribution < 1.29 is 14.3 Å². The van der Waals surface area contributed by atoms with Crippen LogP contribution in [0.3, 0.4) is 0 Å². The normalized spacial score (nSPS) is 18.1. The first-order valence-corrected chi connectivity index (χ1v) is 13.0. The van der Waals surface area contributed by atoms with Gasteiger partial charge in [0.25, 0.3) is 5.91 Å². The number of carbonyl (C=O) groups excluding carboxylic acids is 2. The lowest BCUT2D eigenvalue weighted by Gasteiger charge is -2.28. The summed E-state index contributed by atoms with van der Waals surface area (Å²) in [6.07, 6.45) is 1.13. The number of hydrogen-bond acceptors (Lipinski definition) is 6. The standard InChI is InChI=1S/C25H33ClN4O3S/c1-18(2)28-11-5-10-27(12-14-28)13-15-30-20-6-4-7-21(33-3)19(20)16-29(17-24(30)31)25(32)22-8-9-23(26)34-22/h4,6-9,18H,5,10-17H2,1-3H3. The number of carbonyl (C=O) groups is 2. The maximum Gasteiger partial charge on any atom is 0.264 e. The Balaban J connectivity index is 1.54. The van der Waals surface area contributed by atoms with Crippen LogP contribution in [0, 0.1) is 0 Å². The van der Waals surface area contributed by atoms with E-state index in [0.29, 0.717) is 34.1 Å². The summed E-state index contributed by atoms with van der Waals surface area (Å²) in [6, 6.07) is 9.71. The number of rotatable bonds is 6. The molecule has 2 amide bonds. The average Bonchev–Trinajstić information content (AvgIpc) is 3.03. The highest BCUT2D eigenvalue weighted by atomic mass is 35.5. The van der Waals surface area contributed by atoms with E-state index in [2.05, 4.69) is 23.6 Å². The van der Waals surface area contributed by atoms with E-state index in [-0.39, 0.29) is 18.4 Å². The van der Waals surface area contributed by atoms with Gasteiger partial charge in [-0.3, -0.25) is 14.5 Å². The largest absolute Gasteiger partial charge is 0.496 e. The average molecular weight is 505 g/mol. The van der Waals surface area contributed by atoms with Gasteiger partial charge in [-0.25, -0.2) is 0 Å². The molecule has 1 saturated heterocycles. The van der Waals surface area contributed by atoms with Gasteiger partial charge in [-0.1, -0.05) is 17.7 Å². The predicted octanol–water partition coefficient (Wildman–Crippen LogP) is 3.82. The zero-order valence-corrected chi connectivity index (χ0v) is 21.7. The van der Waals surface area contributed by atoms with Gasteiger partial charge in [-0.15, -0.1) is 11.3 Å². The van der Waals surface area contributed by atoms with Crippen LogP contribution in [0.15, 0.2) is 30.3 Å². The van der Waals surface area contributed by atoms with Crippen molar-refractivity contribution in [2.24, 2.45) is 0 Å². The van der Waals surface area contributed by atoms with E-state index in [1.54, 1.807) is 24.1 Å². The summed E-state index contributed by atoms with van der Waals surface area (Å²) in [5, 5.41) is 0. The molecule has 0 bridgehead atoms. The molecule has 0 saturated carbocycles. The van der Waals surface area contributed by atoms with Crippen molar-refractivity contribution in [3.05, 3.63) is 45.1 Å². The quantitative estimate of drug-likeness (QED) is 0.598. The van der Waals surface area contributed by atoms with Gasteiger partial charge in [-0.05, 0) is 57.6 Å². The number of amides is 2. The topological polar surface area (TPSA) is 56.3 Å². The molecule has 0 aliphatic carbocycles. The van der Waals surface area contributed by atoms with Crippen LogP contribution in [0.1, 0.15) is 35.5 Å². The SMILES string of the molecule is COc1cccc2c1CN(C(=O)c1ccc(Cl)s1)CC(=O)N2CCN1CCCN(C(C)C)CC1. The maximum atomic E-state index is 13.5. The number of benzene rings is 1. The van der Waals surface area contributed by atoms with Crippen LogP contribution in [0.2, 0.25) is 4.34 Å². The Hall–Kier alpha value is -2.13. The van der Waals surface area contributed by atoms with E-state index in [0.717, 1.165) is 50.4 Å². The molecule has 4 rings (SSSR count). The third-order valence-electron chi connectivity index (χ3n) is 6.66. The Kier molecular flexibility index (Phi) is 8.14. The predicted molar refractivity (Wildman–Crippen MR) is 137 cm³/mol. The number of ether oxygens (including phenoxy) is 1. The summed E-state index contributed by atoms with van der Waals surface area (Å²) in [5.41, 5.74) is 1.68. The minimum Gasteiger partial charge on any atom is -0.496 e. The molecule has 2 aliphatic heterocycles. The molecule has 0 atom stereocenters. The maximum absolute atomic E-state index is 13.5. The molecule has 9 heteroatoms. The molecule has 0 N–H and O–H groups in total. The molecule has 2 aromatic rings. The van der Waals surface area contributed by atoms with Crippen molar-refractivity contribution in [2.75, 3.05) is 57.8 Å². The zero-order valence-electron chi connectivity index (χ0n) is 20.1. The van der Waals surface area contributed by atoms with E-state index in [9.17, 15) is 9.59 Å². The van der Waals surface area contributed by atoms with E-state index >= 15 is 0 Å². The van der Waals surface area contributed by atoms with Crippen LogP contribution in [0.5, 0.6) is 5.75 Å². The first-order valence-electron chi connectivity index (χ1n) is 11.8. The fraction of sp³-hybridized carbons (Fsp3) is 0.520. The second kappa shape index (κ2) is 11.1. The van der Waals surface area contributed by atoms with E-state index < -0.39 is 0 Å². The van der Waals surface area contributed by atoms with Crippen LogP contribution in [-0.2, 0) is 11.3 Å². The lowest BCUT2D eigenvalue weighted by molar-refractivity contribution is -0.119. The number of halogens is 1. The summed E-state index contributed by atoms with van der Waals surface area (Å²) < 4.78 is 6.18. The van der Waals surface area contributed by atoms with Gasteiger partial charge < -0.3 is 19.4 Å². The van der Waals surface area contributed by atoms with Crippen LogP contribution in [0.4, 0.5) is 5.69 Å². The third-order valence-corrected chi connectivity index (χ3v) is 7.88. The van der Waals surface area contributed by atoms with Gasteiger partial charge in [0, 0.05) is 37.8 Å². The highest BCUT2D eigenvalue weighted by molar-refractivity contribution is 7.17. The van der Waals surface area contributed by atoms with E-state index in [1.807, 2.05) is 23.1 Å². The molecule has 2 aliphatic rings. The van der Waals surface area contributed by atoms with Crippen LogP contribution < -0.4 is 9.64 Å². The van der Waals surface area contributed by atoms with Gasteiger partial charge in [-0.2, -0.15) is 0 Å². The first-order chi connectivity index (χ1) is 16.4. The van der Waals surface area contributed by atoms with Gasteiger partial charge in [0.05, 0.1) is 28.6 Å². The molecule has 1 fully saturated rings. The van der Waals surface area contributed by atoms with E-state index in [4.69, 9.17) is 16.3 Å². The fourth-order valence-electron chi connectivity index (χ4n) is 4.73. The molecule has 184 valence electrons. The number of thiophene rings is 1. The molecule has 1 aromatic heterocycles. The number of hydrogen-bond donors (Lipinski definition) is 0. The Morgan fingerprint density at radius 1 is 1.09 bits per heavy atom. The highest BCUT2D eigenvalue weighted by Crippen LogP contribution is 2.34. The number of fused-ring (bicyclic) bond motifs is 1. The lowest BCUT2D eigenvalue weighted by Crippen LogP contribution is -2.43. The number of methoxy groups -OCH3 is 1. The Morgan fingerprint density at radius 3 is 2.62 bits per heavy atom. The summed E-state index contributed by atoms with van der Waals surface area (Å²) in [7, 11) is 1.62. The summed E-state index contributed by atoms with van der Waals surface area (Å²) in [4.78, 5) is 35.6. The minimum absolute atomic E-state index is 0.0211. The second-order valence-corrected chi connectivity index (χ2v) is 10.8. The van der Waals surface area contributed by atoms with Crippen molar-refractivity contribution in [2.45, 2.75) is 32.9 Å². The molecule has 34 heavy (non-hydrogen) atoms. The molecule has 0 spiro atoms. The summed E-state index contributed by atoms with van der Waals surface area (Å²) in [5.74, 6) is 0.411. The molecule has 7 nitrogen and oxygen atoms in total. The summed E-state index contributed by atoms with van der Waals surface area (Å²) >= 11 is 7.28. The van der Waals surface area contributed by atoms with Gasteiger partial charge in [0.1, 0.15) is 12.3 Å². The van der Waals surface area contributed by atoms with Crippen LogP contribution >= 0.6 is 22.9 Å². The molecule has 3 heterocycles. The van der Waals surface area contributed by atoms with Crippen LogP contribution in [-0.4, -0.2) is 85.5 Å². The molecular formula is C25H33ClN4O3S. The van der Waals surface area contributed by atoms with Crippen LogP contribution in [0.25, 0.3) is 0 Å². The molecular weight excluding hydrogens is 472 g/mol. The monoisotopic (exact) mass is 504 g/mol. The smallest absolute Gasteiger partial charge is 0.264 e. The van der Waals surface area contributed by atoms with Gasteiger partial charge in [0.2, 0.25) is 5.91 Å². The first kappa shape index (κ1) is 25.0. The molecule has 0 unspecified atom stereocenters.